The molecule has 2 unspecified atom stereocenters. The van der Waals surface area contributed by atoms with Crippen molar-refractivity contribution in [1.29, 1.82) is 0 Å². The third-order valence-corrected chi connectivity index (χ3v) is 3.21. The van der Waals surface area contributed by atoms with Gasteiger partial charge in [-0.05, 0) is 52.4 Å². The first kappa shape index (κ1) is 12.0. The van der Waals surface area contributed by atoms with Gasteiger partial charge in [-0.2, -0.15) is 0 Å². The maximum Gasteiger partial charge on any atom is 0.0619 e. The number of aliphatic hydroxyl groups is 2. The molecule has 1 rings (SSSR count). The Balaban J connectivity index is 2.43. The SMILES string of the molecule is CC(C)(O)CC1CCCC(C)(O)CC1. The summed E-state index contributed by atoms with van der Waals surface area (Å²) in [6.07, 6.45) is 5.96. The van der Waals surface area contributed by atoms with Crippen LogP contribution in [-0.4, -0.2) is 21.4 Å². The molecule has 0 aromatic carbocycles. The predicted molar refractivity (Wildman–Crippen MR) is 58.1 cm³/mol. The summed E-state index contributed by atoms with van der Waals surface area (Å²) in [6.45, 7) is 5.67. The molecule has 0 heterocycles. The van der Waals surface area contributed by atoms with Crippen LogP contribution < -0.4 is 0 Å². The second kappa shape index (κ2) is 4.19. The van der Waals surface area contributed by atoms with Crippen molar-refractivity contribution in [3.05, 3.63) is 0 Å². The zero-order valence-corrected chi connectivity index (χ0v) is 9.71. The molecule has 0 saturated heterocycles. The smallest absolute Gasteiger partial charge is 0.0619 e. The van der Waals surface area contributed by atoms with Gasteiger partial charge in [-0.25, -0.2) is 0 Å². The summed E-state index contributed by atoms with van der Waals surface area (Å²) in [4.78, 5) is 0. The molecule has 0 aromatic heterocycles. The van der Waals surface area contributed by atoms with Crippen molar-refractivity contribution in [2.24, 2.45) is 5.92 Å². The lowest BCUT2D eigenvalue weighted by atomic mass is 9.87. The Bertz CT molecular complexity index is 179. The molecular weight excluding hydrogens is 176 g/mol. The minimum absolute atomic E-state index is 0.464. The van der Waals surface area contributed by atoms with E-state index in [2.05, 4.69) is 0 Å². The molecule has 84 valence electrons. The molecule has 1 aliphatic rings. The van der Waals surface area contributed by atoms with Crippen molar-refractivity contribution in [2.75, 3.05) is 0 Å². The molecule has 0 aromatic rings. The monoisotopic (exact) mass is 200 g/mol. The molecule has 0 bridgehead atoms. The van der Waals surface area contributed by atoms with Crippen LogP contribution in [0.25, 0.3) is 0 Å². The Kier molecular flexibility index (Phi) is 3.59. The van der Waals surface area contributed by atoms with Crippen LogP contribution in [0.3, 0.4) is 0 Å². The van der Waals surface area contributed by atoms with E-state index in [4.69, 9.17) is 0 Å². The van der Waals surface area contributed by atoms with Crippen molar-refractivity contribution in [3.63, 3.8) is 0 Å². The highest BCUT2D eigenvalue weighted by Crippen LogP contribution is 2.33. The maximum absolute atomic E-state index is 9.91. The Labute approximate surface area is 87.3 Å². The second-order valence-electron chi connectivity index (χ2n) is 5.81. The quantitative estimate of drug-likeness (QED) is 0.672. The second-order valence-corrected chi connectivity index (χ2v) is 5.81. The first-order valence-corrected chi connectivity index (χ1v) is 5.73. The molecule has 1 aliphatic carbocycles. The van der Waals surface area contributed by atoms with E-state index in [9.17, 15) is 10.2 Å². The van der Waals surface area contributed by atoms with E-state index in [-0.39, 0.29) is 0 Å². The van der Waals surface area contributed by atoms with Crippen LogP contribution >= 0.6 is 0 Å². The van der Waals surface area contributed by atoms with Gasteiger partial charge in [0.25, 0.3) is 0 Å². The highest BCUT2D eigenvalue weighted by molar-refractivity contribution is 4.81. The normalized spacial score (nSPS) is 35.4. The molecule has 2 N–H and O–H groups in total. The molecule has 2 heteroatoms. The van der Waals surface area contributed by atoms with E-state index in [0.29, 0.717) is 5.92 Å². The van der Waals surface area contributed by atoms with Crippen LogP contribution in [0.2, 0.25) is 0 Å². The van der Waals surface area contributed by atoms with Gasteiger partial charge in [0, 0.05) is 0 Å². The molecule has 14 heavy (non-hydrogen) atoms. The van der Waals surface area contributed by atoms with E-state index < -0.39 is 11.2 Å². The minimum atomic E-state index is -0.555. The van der Waals surface area contributed by atoms with E-state index in [1.54, 1.807) is 0 Å². The van der Waals surface area contributed by atoms with Crippen molar-refractivity contribution in [1.82, 2.24) is 0 Å². The highest BCUT2D eigenvalue weighted by atomic mass is 16.3. The fraction of sp³-hybridized carbons (Fsp3) is 1.00. The van der Waals surface area contributed by atoms with Crippen molar-refractivity contribution >= 4 is 0 Å². The summed E-state index contributed by atoms with van der Waals surface area (Å²) in [6, 6.07) is 0. The van der Waals surface area contributed by atoms with Gasteiger partial charge >= 0.3 is 0 Å². The van der Waals surface area contributed by atoms with Crippen LogP contribution in [0.1, 0.15) is 59.3 Å². The van der Waals surface area contributed by atoms with Crippen molar-refractivity contribution in [2.45, 2.75) is 70.5 Å². The lowest BCUT2D eigenvalue weighted by Crippen LogP contribution is -2.24. The van der Waals surface area contributed by atoms with E-state index in [0.717, 1.165) is 38.5 Å². The molecule has 0 radical (unpaired) electrons. The largest absolute Gasteiger partial charge is 0.390 e. The molecule has 2 atom stereocenters. The summed E-state index contributed by atoms with van der Waals surface area (Å²) in [7, 11) is 0. The number of hydrogen-bond acceptors (Lipinski definition) is 2. The average molecular weight is 200 g/mol. The summed E-state index contributed by atoms with van der Waals surface area (Å²) in [5.74, 6) is 0.587. The Hall–Kier alpha value is -0.0800. The lowest BCUT2D eigenvalue weighted by molar-refractivity contribution is 0.0346. The fourth-order valence-corrected chi connectivity index (χ4v) is 2.47. The van der Waals surface area contributed by atoms with Crippen LogP contribution in [0.4, 0.5) is 0 Å². The van der Waals surface area contributed by atoms with Gasteiger partial charge in [-0.3, -0.25) is 0 Å². The van der Waals surface area contributed by atoms with Crippen LogP contribution in [0.5, 0.6) is 0 Å². The Morgan fingerprint density at radius 2 is 1.93 bits per heavy atom. The van der Waals surface area contributed by atoms with Crippen LogP contribution in [0, 0.1) is 5.92 Å². The molecule has 2 nitrogen and oxygen atoms in total. The maximum atomic E-state index is 9.91. The summed E-state index contributed by atoms with van der Waals surface area (Å²) < 4.78 is 0. The van der Waals surface area contributed by atoms with Crippen molar-refractivity contribution < 1.29 is 10.2 Å². The summed E-state index contributed by atoms with van der Waals surface area (Å²) >= 11 is 0. The fourth-order valence-electron chi connectivity index (χ4n) is 2.47. The van der Waals surface area contributed by atoms with Crippen molar-refractivity contribution in [3.8, 4) is 0 Å². The highest BCUT2D eigenvalue weighted by Gasteiger charge is 2.28. The minimum Gasteiger partial charge on any atom is -0.390 e. The molecule has 0 aliphatic heterocycles. The Morgan fingerprint density at radius 1 is 1.29 bits per heavy atom. The number of hydrogen-bond donors (Lipinski definition) is 2. The lowest BCUT2D eigenvalue weighted by Gasteiger charge is -2.24. The third-order valence-electron chi connectivity index (χ3n) is 3.21. The topological polar surface area (TPSA) is 40.5 Å². The Morgan fingerprint density at radius 3 is 2.50 bits per heavy atom. The van der Waals surface area contributed by atoms with E-state index in [1.165, 1.54) is 0 Å². The van der Waals surface area contributed by atoms with Crippen LogP contribution in [0.15, 0.2) is 0 Å². The van der Waals surface area contributed by atoms with Gasteiger partial charge in [0.2, 0.25) is 0 Å². The number of rotatable bonds is 2. The summed E-state index contributed by atoms with van der Waals surface area (Å²) in [5.41, 5.74) is -1.02. The van der Waals surface area contributed by atoms with Gasteiger partial charge in [-0.1, -0.05) is 12.8 Å². The molecule has 0 amide bonds. The summed E-state index contributed by atoms with van der Waals surface area (Å²) in [5, 5.41) is 19.6. The third kappa shape index (κ3) is 4.43. The standard InChI is InChI=1S/C12H24O2/c1-11(2,13)9-10-5-4-7-12(3,14)8-6-10/h10,13-14H,4-9H2,1-3H3. The molecule has 0 spiro atoms. The molecular formula is C12H24O2. The van der Waals surface area contributed by atoms with E-state index >= 15 is 0 Å². The zero-order chi connectivity index (χ0) is 10.8. The molecule has 1 fully saturated rings. The first-order chi connectivity index (χ1) is 6.29. The zero-order valence-electron chi connectivity index (χ0n) is 9.71. The average Bonchev–Trinajstić information content (AvgIpc) is 2.10. The van der Waals surface area contributed by atoms with Gasteiger partial charge in [0.05, 0.1) is 11.2 Å². The van der Waals surface area contributed by atoms with Gasteiger partial charge in [0.1, 0.15) is 0 Å². The van der Waals surface area contributed by atoms with Crippen LogP contribution in [-0.2, 0) is 0 Å². The van der Waals surface area contributed by atoms with Gasteiger partial charge in [0.15, 0.2) is 0 Å². The predicted octanol–water partition coefficient (Wildman–Crippen LogP) is 2.48. The molecule has 1 saturated carbocycles. The van der Waals surface area contributed by atoms with Gasteiger partial charge in [-0.15, -0.1) is 0 Å². The van der Waals surface area contributed by atoms with Gasteiger partial charge < -0.3 is 10.2 Å². The first-order valence-electron chi connectivity index (χ1n) is 5.73. The van der Waals surface area contributed by atoms with E-state index in [1.807, 2.05) is 20.8 Å².